The molecular formula is C26H30N4O3S. The van der Waals surface area contributed by atoms with E-state index in [-0.39, 0.29) is 6.04 Å². The first kappa shape index (κ1) is 23.8. The van der Waals surface area contributed by atoms with Crippen molar-refractivity contribution in [2.24, 2.45) is 5.92 Å². The fourth-order valence-electron chi connectivity index (χ4n) is 4.08. The molecule has 1 aliphatic heterocycles. The van der Waals surface area contributed by atoms with E-state index < -0.39 is 0 Å². The largest absolute Gasteiger partial charge is 0.493 e. The molecule has 3 aromatic rings. The Balaban J connectivity index is 1.82. The van der Waals surface area contributed by atoms with Gasteiger partial charge in [0.1, 0.15) is 0 Å². The van der Waals surface area contributed by atoms with Crippen molar-refractivity contribution < 1.29 is 14.0 Å². The molecule has 0 saturated carbocycles. The number of benzene rings is 2. The minimum Gasteiger partial charge on any atom is -0.493 e. The van der Waals surface area contributed by atoms with Crippen LogP contribution in [0.3, 0.4) is 0 Å². The summed E-state index contributed by atoms with van der Waals surface area (Å²) in [7, 11) is 3.24. The Kier molecular flexibility index (Phi) is 6.88. The van der Waals surface area contributed by atoms with Crippen molar-refractivity contribution in [2.45, 2.75) is 33.7 Å². The predicted octanol–water partition coefficient (Wildman–Crippen LogP) is 5.38. The summed E-state index contributed by atoms with van der Waals surface area (Å²) in [6.07, 6.45) is 0. The van der Waals surface area contributed by atoms with Gasteiger partial charge in [0.25, 0.3) is 5.89 Å². The van der Waals surface area contributed by atoms with Crippen LogP contribution < -0.4 is 14.8 Å². The number of nitrogens with one attached hydrogen (secondary N) is 1. The summed E-state index contributed by atoms with van der Waals surface area (Å²) < 4.78 is 16.8. The summed E-state index contributed by atoms with van der Waals surface area (Å²) in [6, 6.07) is 13.6. The minimum atomic E-state index is -0.290. The maximum atomic E-state index is 5.82. The van der Waals surface area contributed by atoms with E-state index in [0.29, 0.717) is 34.2 Å². The molecule has 1 atom stereocenters. The lowest BCUT2D eigenvalue weighted by molar-refractivity contribution is 0.354. The van der Waals surface area contributed by atoms with Crippen LogP contribution in [0, 0.1) is 12.8 Å². The van der Waals surface area contributed by atoms with Crippen LogP contribution in [0.2, 0.25) is 0 Å². The molecule has 0 amide bonds. The molecule has 7 nitrogen and oxygen atoms in total. The molecular weight excluding hydrogens is 448 g/mol. The van der Waals surface area contributed by atoms with Crippen molar-refractivity contribution in [2.75, 3.05) is 20.8 Å². The maximum absolute atomic E-state index is 5.82. The maximum Gasteiger partial charge on any atom is 0.258 e. The zero-order chi connectivity index (χ0) is 24.4. The highest BCUT2D eigenvalue weighted by molar-refractivity contribution is 7.80. The van der Waals surface area contributed by atoms with Crippen LogP contribution in [0.4, 0.5) is 0 Å². The summed E-state index contributed by atoms with van der Waals surface area (Å²) >= 11 is 5.76. The molecule has 1 aliphatic rings. The predicted molar refractivity (Wildman–Crippen MR) is 137 cm³/mol. The second kappa shape index (κ2) is 9.85. The van der Waals surface area contributed by atoms with Crippen LogP contribution in [0.25, 0.3) is 17.0 Å². The number of allylic oxidation sites excluding steroid dienone is 1. The molecule has 2 heterocycles. The molecule has 1 unspecified atom stereocenters. The molecule has 2 aromatic carbocycles. The molecule has 0 fully saturated rings. The second-order valence-corrected chi connectivity index (χ2v) is 9.18. The lowest BCUT2D eigenvalue weighted by Crippen LogP contribution is -2.47. The number of nitrogens with zero attached hydrogens (tertiary/aromatic N) is 3. The third-order valence-corrected chi connectivity index (χ3v) is 6.19. The van der Waals surface area contributed by atoms with Gasteiger partial charge in [0, 0.05) is 17.8 Å². The summed E-state index contributed by atoms with van der Waals surface area (Å²) in [5.74, 6) is 2.72. The van der Waals surface area contributed by atoms with E-state index in [1.54, 1.807) is 14.2 Å². The van der Waals surface area contributed by atoms with Gasteiger partial charge in [-0.15, -0.1) is 0 Å². The van der Waals surface area contributed by atoms with E-state index in [1.165, 1.54) is 5.56 Å². The van der Waals surface area contributed by atoms with Crippen molar-refractivity contribution in [3.63, 3.8) is 0 Å². The zero-order valence-corrected chi connectivity index (χ0v) is 21.2. The van der Waals surface area contributed by atoms with E-state index in [0.717, 1.165) is 28.9 Å². The van der Waals surface area contributed by atoms with E-state index >= 15 is 0 Å². The third-order valence-electron chi connectivity index (χ3n) is 5.85. The lowest BCUT2D eigenvalue weighted by atomic mass is 9.94. The first-order chi connectivity index (χ1) is 16.3. The Hall–Kier alpha value is -3.39. The molecule has 0 saturated heterocycles. The zero-order valence-electron chi connectivity index (χ0n) is 20.4. The Morgan fingerprint density at radius 3 is 2.41 bits per heavy atom. The number of rotatable bonds is 7. The van der Waals surface area contributed by atoms with Gasteiger partial charge in [-0.25, -0.2) is 0 Å². The fourth-order valence-corrected chi connectivity index (χ4v) is 4.41. The number of methoxy groups -OCH3 is 2. The number of aryl methyl sites for hydroxylation is 1. The average molecular weight is 479 g/mol. The number of aromatic nitrogens is 2. The van der Waals surface area contributed by atoms with Crippen LogP contribution in [0.5, 0.6) is 11.5 Å². The van der Waals surface area contributed by atoms with Crippen molar-refractivity contribution in [3.05, 3.63) is 65.2 Å². The van der Waals surface area contributed by atoms with E-state index in [1.807, 2.05) is 56.3 Å². The molecule has 0 aliphatic carbocycles. The first-order valence-corrected chi connectivity index (χ1v) is 11.6. The summed E-state index contributed by atoms with van der Waals surface area (Å²) in [4.78, 5) is 6.87. The average Bonchev–Trinajstić information content (AvgIpc) is 3.31. The van der Waals surface area contributed by atoms with Gasteiger partial charge >= 0.3 is 0 Å². The highest BCUT2D eigenvalue weighted by Gasteiger charge is 2.34. The van der Waals surface area contributed by atoms with Crippen LogP contribution in [-0.2, 0) is 0 Å². The molecule has 1 aromatic heterocycles. The number of hydrogen-bond acceptors (Lipinski definition) is 6. The van der Waals surface area contributed by atoms with Gasteiger partial charge in [0.05, 0.1) is 25.8 Å². The molecule has 0 bridgehead atoms. The fraction of sp³-hybridized carbons (Fsp3) is 0.346. The molecule has 0 radical (unpaired) electrons. The van der Waals surface area contributed by atoms with Gasteiger partial charge in [-0.05, 0) is 49.7 Å². The SMILES string of the molecule is COc1ccc(C2NC(=S)N(CC(C)C)C(C)=C2c2nc(-c3ccc(C)cc3)no2)cc1OC. The van der Waals surface area contributed by atoms with Crippen molar-refractivity contribution in [3.8, 4) is 22.9 Å². The third kappa shape index (κ3) is 4.63. The van der Waals surface area contributed by atoms with Crippen molar-refractivity contribution in [1.29, 1.82) is 0 Å². The van der Waals surface area contributed by atoms with Crippen molar-refractivity contribution in [1.82, 2.24) is 20.4 Å². The van der Waals surface area contributed by atoms with Gasteiger partial charge in [-0.2, -0.15) is 4.98 Å². The topological polar surface area (TPSA) is 72.7 Å². The monoisotopic (exact) mass is 478 g/mol. The second-order valence-electron chi connectivity index (χ2n) is 8.79. The molecule has 0 spiro atoms. The van der Waals surface area contributed by atoms with E-state index in [2.05, 4.69) is 29.2 Å². The molecule has 8 heteroatoms. The molecule has 178 valence electrons. The molecule has 4 rings (SSSR count). The Bertz CT molecular complexity index is 1220. The summed E-state index contributed by atoms with van der Waals surface area (Å²) in [5.41, 5.74) is 4.89. The quantitative estimate of drug-likeness (QED) is 0.454. The van der Waals surface area contributed by atoms with Gasteiger partial charge in [0.15, 0.2) is 16.6 Å². The van der Waals surface area contributed by atoms with Crippen LogP contribution in [0.1, 0.15) is 43.8 Å². The first-order valence-electron chi connectivity index (χ1n) is 11.2. The normalized spacial score (nSPS) is 16.1. The van der Waals surface area contributed by atoms with Crippen LogP contribution in [0.15, 0.2) is 52.7 Å². The van der Waals surface area contributed by atoms with Gasteiger partial charge < -0.3 is 24.2 Å². The number of hydrogen-bond donors (Lipinski definition) is 1. The van der Waals surface area contributed by atoms with E-state index in [4.69, 9.17) is 31.2 Å². The standard InChI is InChI=1S/C26H30N4O3S/c1-15(2)14-30-17(4)22(25-28-24(29-33-25)18-9-7-16(3)8-10-18)23(27-26(30)34)19-11-12-20(31-5)21(13-19)32-6/h7-13,15,23H,14H2,1-6H3,(H,27,34). The van der Waals surface area contributed by atoms with E-state index in [9.17, 15) is 0 Å². The van der Waals surface area contributed by atoms with Crippen molar-refractivity contribution >= 4 is 22.9 Å². The van der Waals surface area contributed by atoms with Crippen LogP contribution in [-0.4, -0.2) is 40.9 Å². The molecule has 1 N–H and O–H groups in total. The Morgan fingerprint density at radius 2 is 1.76 bits per heavy atom. The summed E-state index contributed by atoms with van der Waals surface area (Å²) in [6.45, 7) is 9.21. The van der Waals surface area contributed by atoms with Gasteiger partial charge in [0.2, 0.25) is 5.82 Å². The summed E-state index contributed by atoms with van der Waals surface area (Å²) in [5, 5.41) is 8.42. The number of thiocarbonyl (C=S) groups is 1. The smallest absolute Gasteiger partial charge is 0.258 e. The lowest BCUT2D eigenvalue weighted by Gasteiger charge is -2.38. The molecule has 34 heavy (non-hydrogen) atoms. The van der Waals surface area contributed by atoms with Gasteiger partial charge in [-0.3, -0.25) is 0 Å². The number of ether oxygens (including phenoxy) is 2. The Labute approximate surface area is 205 Å². The van der Waals surface area contributed by atoms with Crippen LogP contribution >= 0.6 is 12.2 Å². The minimum absolute atomic E-state index is 0.290. The van der Waals surface area contributed by atoms with Gasteiger partial charge in [-0.1, -0.05) is 54.9 Å². The highest BCUT2D eigenvalue weighted by Crippen LogP contribution is 2.40. The Morgan fingerprint density at radius 1 is 1.06 bits per heavy atom. The highest BCUT2D eigenvalue weighted by atomic mass is 32.1.